The quantitative estimate of drug-likeness (QED) is 0.903. The molecule has 2 heterocycles. The van der Waals surface area contributed by atoms with Gasteiger partial charge in [0.05, 0.1) is 6.04 Å². The fourth-order valence-corrected chi connectivity index (χ4v) is 3.55. The van der Waals surface area contributed by atoms with E-state index in [4.69, 9.17) is 11.6 Å². The Bertz CT molecular complexity index is 702. The van der Waals surface area contributed by atoms with E-state index in [2.05, 4.69) is 5.32 Å². The van der Waals surface area contributed by atoms with Gasteiger partial charge in [-0.25, -0.2) is 0 Å². The maximum atomic E-state index is 12.1. The first-order valence-electron chi connectivity index (χ1n) is 7.47. The van der Waals surface area contributed by atoms with Gasteiger partial charge >= 0.3 is 0 Å². The number of hydrogen-bond acceptors (Lipinski definition) is 3. The first-order chi connectivity index (χ1) is 11.1. The van der Waals surface area contributed by atoms with E-state index in [1.807, 2.05) is 35.0 Å². The van der Waals surface area contributed by atoms with Gasteiger partial charge in [0.15, 0.2) is 0 Å². The number of rotatable bonds is 5. The number of halogens is 1. The van der Waals surface area contributed by atoms with Crippen molar-refractivity contribution < 1.29 is 9.59 Å². The van der Waals surface area contributed by atoms with E-state index in [1.54, 1.807) is 11.0 Å². The number of likely N-dealkylation sites (tertiary alicyclic amines) is 1. The van der Waals surface area contributed by atoms with Crippen LogP contribution in [0.2, 0.25) is 5.02 Å². The maximum absolute atomic E-state index is 12.1. The summed E-state index contributed by atoms with van der Waals surface area (Å²) in [5.74, 6) is -0.0246. The van der Waals surface area contributed by atoms with E-state index < -0.39 is 0 Å². The molecule has 1 atom stereocenters. The van der Waals surface area contributed by atoms with Crippen LogP contribution in [0.4, 0.5) is 0 Å². The molecule has 1 aliphatic rings. The Balaban J connectivity index is 1.52. The molecule has 120 valence electrons. The molecule has 0 radical (unpaired) electrons. The molecule has 1 aromatic heterocycles. The lowest BCUT2D eigenvalue weighted by atomic mass is 10.1. The zero-order valence-corrected chi connectivity index (χ0v) is 14.1. The minimum atomic E-state index is -0.116. The second-order valence-corrected chi connectivity index (χ2v) is 6.82. The third-order valence-corrected chi connectivity index (χ3v) is 4.81. The Morgan fingerprint density at radius 3 is 3.00 bits per heavy atom. The first kappa shape index (κ1) is 16.0. The van der Waals surface area contributed by atoms with Crippen LogP contribution in [0.3, 0.4) is 0 Å². The topological polar surface area (TPSA) is 49.4 Å². The standard InChI is InChI=1S/C17H17ClN2O2S/c18-14-3-1-2-12(8-14)4-6-20-10-15(9-16(20)21)19-17(22)13-5-7-23-11-13/h1-3,5,7-8,11,15H,4,6,9-10H2,(H,19,22)/t15-/m1/s1. The highest BCUT2D eigenvalue weighted by Crippen LogP contribution is 2.16. The number of thiophene rings is 1. The van der Waals surface area contributed by atoms with E-state index >= 15 is 0 Å². The number of nitrogens with zero attached hydrogens (tertiary/aromatic N) is 1. The lowest BCUT2D eigenvalue weighted by Crippen LogP contribution is -2.37. The number of nitrogens with one attached hydrogen (secondary N) is 1. The summed E-state index contributed by atoms with van der Waals surface area (Å²) in [6, 6.07) is 9.33. The monoisotopic (exact) mass is 348 g/mol. The molecule has 1 fully saturated rings. The minimum absolute atomic E-state index is 0.0858. The van der Waals surface area contributed by atoms with Crippen molar-refractivity contribution in [2.24, 2.45) is 0 Å². The van der Waals surface area contributed by atoms with Gasteiger partial charge in [0.1, 0.15) is 0 Å². The van der Waals surface area contributed by atoms with Gasteiger partial charge in [0, 0.05) is 35.5 Å². The van der Waals surface area contributed by atoms with Crippen molar-refractivity contribution in [3.63, 3.8) is 0 Å². The van der Waals surface area contributed by atoms with Crippen molar-refractivity contribution in [1.82, 2.24) is 10.2 Å². The average molecular weight is 349 g/mol. The summed E-state index contributed by atoms with van der Waals surface area (Å²) < 4.78 is 0. The summed E-state index contributed by atoms with van der Waals surface area (Å²) in [7, 11) is 0. The highest BCUT2D eigenvalue weighted by molar-refractivity contribution is 7.08. The molecule has 0 aliphatic carbocycles. The summed E-state index contributed by atoms with van der Waals surface area (Å²) >= 11 is 7.46. The summed E-state index contributed by atoms with van der Waals surface area (Å²) in [4.78, 5) is 25.9. The third kappa shape index (κ3) is 4.12. The number of carbonyl (C=O) groups is 2. The molecule has 2 aromatic rings. The lowest BCUT2D eigenvalue weighted by molar-refractivity contribution is -0.127. The summed E-state index contributed by atoms with van der Waals surface area (Å²) in [5.41, 5.74) is 1.76. The largest absolute Gasteiger partial charge is 0.347 e. The highest BCUT2D eigenvalue weighted by Gasteiger charge is 2.30. The van der Waals surface area contributed by atoms with Crippen molar-refractivity contribution in [2.75, 3.05) is 13.1 Å². The molecule has 2 amide bonds. The van der Waals surface area contributed by atoms with Crippen LogP contribution in [0.1, 0.15) is 22.3 Å². The highest BCUT2D eigenvalue weighted by atomic mass is 35.5. The smallest absolute Gasteiger partial charge is 0.252 e. The molecule has 1 aliphatic heterocycles. The lowest BCUT2D eigenvalue weighted by Gasteiger charge is -2.17. The van der Waals surface area contributed by atoms with E-state index in [-0.39, 0.29) is 17.9 Å². The van der Waals surface area contributed by atoms with Gasteiger partial charge in [-0.05, 0) is 35.6 Å². The van der Waals surface area contributed by atoms with E-state index in [0.29, 0.717) is 30.1 Å². The van der Waals surface area contributed by atoms with Gasteiger partial charge in [-0.15, -0.1) is 0 Å². The molecule has 1 aromatic carbocycles. The van der Waals surface area contributed by atoms with Crippen molar-refractivity contribution in [3.05, 3.63) is 57.2 Å². The molecule has 0 saturated carbocycles. The first-order valence-corrected chi connectivity index (χ1v) is 8.79. The van der Waals surface area contributed by atoms with Crippen molar-refractivity contribution in [1.29, 1.82) is 0 Å². The van der Waals surface area contributed by atoms with Crippen LogP contribution in [0.5, 0.6) is 0 Å². The van der Waals surface area contributed by atoms with Gasteiger partial charge in [-0.3, -0.25) is 9.59 Å². The molecule has 6 heteroatoms. The number of hydrogen-bond donors (Lipinski definition) is 1. The molecule has 0 spiro atoms. The van der Waals surface area contributed by atoms with Gasteiger partial charge in [-0.1, -0.05) is 23.7 Å². The molecular weight excluding hydrogens is 332 g/mol. The van der Waals surface area contributed by atoms with Crippen molar-refractivity contribution >= 4 is 34.8 Å². The van der Waals surface area contributed by atoms with Crippen LogP contribution < -0.4 is 5.32 Å². The Hall–Kier alpha value is -1.85. The Kier molecular flexibility index (Phi) is 4.98. The molecule has 3 rings (SSSR count). The molecule has 0 bridgehead atoms. The molecular formula is C17H17ClN2O2S. The van der Waals surface area contributed by atoms with Crippen LogP contribution in [0.25, 0.3) is 0 Å². The fraction of sp³-hybridized carbons (Fsp3) is 0.294. The molecule has 4 nitrogen and oxygen atoms in total. The maximum Gasteiger partial charge on any atom is 0.252 e. The summed E-state index contributed by atoms with van der Waals surface area (Å²) in [6.45, 7) is 1.21. The number of benzene rings is 1. The SMILES string of the molecule is O=C(N[C@@H]1CC(=O)N(CCc2cccc(Cl)c2)C1)c1ccsc1. The van der Waals surface area contributed by atoms with Gasteiger partial charge in [0.2, 0.25) is 5.91 Å². The summed E-state index contributed by atoms with van der Waals surface area (Å²) in [5, 5.41) is 7.31. The predicted molar refractivity (Wildman–Crippen MR) is 91.9 cm³/mol. The Morgan fingerprint density at radius 2 is 2.26 bits per heavy atom. The molecule has 23 heavy (non-hydrogen) atoms. The predicted octanol–water partition coefficient (Wildman–Crippen LogP) is 2.97. The normalized spacial score (nSPS) is 17.5. The Morgan fingerprint density at radius 1 is 1.39 bits per heavy atom. The van der Waals surface area contributed by atoms with E-state index in [0.717, 1.165) is 12.0 Å². The average Bonchev–Trinajstić information content (AvgIpc) is 3.15. The second kappa shape index (κ2) is 7.15. The van der Waals surface area contributed by atoms with Crippen LogP contribution in [0.15, 0.2) is 41.1 Å². The fourth-order valence-electron chi connectivity index (χ4n) is 2.70. The Labute approximate surface area is 144 Å². The zero-order chi connectivity index (χ0) is 16.2. The molecule has 0 unspecified atom stereocenters. The van der Waals surface area contributed by atoms with Crippen LogP contribution >= 0.6 is 22.9 Å². The van der Waals surface area contributed by atoms with Crippen molar-refractivity contribution in [3.8, 4) is 0 Å². The summed E-state index contributed by atoms with van der Waals surface area (Å²) in [6.07, 6.45) is 1.13. The van der Waals surface area contributed by atoms with E-state index in [1.165, 1.54) is 11.3 Å². The zero-order valence-electron chi connectivity index (χ0n) is 12.5. The number of amides is 2. The minimum Gasteiger partial charge on any atom is -0.347 e. The van der Waals surface area contributed by atoms with Crippen LogP contribution in [0, 0.1) is 0 Å². The van der Waals surface area contributed by atoms with Crippen LogP contribution in [-0.2, 0) is 11.2 Å². The van der Waals surface area contributed by atoms with Crippen LogP contribution in [-0.4, -0.2) is 35.8 Å². The second-order valence-electron chi connectivity index (χ2n) is 5.61. The van der Waals surface area contributed by atoms with E-state index in [9.17, 15) is 9.59 Å². The molecule has 1 saturated heterocycles. The van der Waals surface area contributed by atoms with Crippen molar-refractivity contribution in [2.45, 2.75) is 18.9 Å². The van der Waals surface area contributed by atoms with Gasteiger partial charge in [0.25, 0.3) is 5.91 Å². The van der Waals surface area contributed by atoms with Gasteiger partial charge < -0.3 is 10.2 Å². The number of carbonyl (C=O) groups excluding carboxylic acids is 2. The molecule has 1 N–H and O–H groups in total. The van der Waals surface area contributed by atoms with Gasteiger partial charge in [-0.2, -0.15) is 11.3 Å². The third-order valence-electron chi connectivity index (χ3n) is 3.89.